The number of hydrogen-bond donors (Lipinski definition) is 1. The molecule has 1 N–H and O–H groups in total. The molecule has 17 heavy (non-hydrogen) atoms. The predicted molar refractivity (Wildman–Crippen MR) is 68.8 cm³/mol. The Labute approximate surface area is 113 Å². The number of benzene rings is 1. The third-order valence-electron chi connectivity index (χ3n) is 3.05. The summed E-state index contributed by atoms with van der Waals surface area (Å²) in [5, 5.41) is 2.97. The molecule has 1 heterocycles. The van der Waals surface area contributed by atoms with Crippen LogP contribution >= 0.6 is 27.5 Å². The van der Waals surface area contributed by atoms with Crippen LogP contribution in [0.5, 0.6) is 0 Å². The Morgan fingerprint density at radius 3 is 2.76 bits per heavy atom. The van der Waals surface area contributed by atoms with Crippen molar-refractivity contribution in [2.75, 3.05) is 0 Å². The van der Waals surface area contributed by atoms with E-state index in [0.29, 0.717) is 11.4 Å². The highest BCUT2D eigenvalue weighted by Crippen LogP contribution is 2.36. The number of nitrogens with one attached hydrogen (secondary N) is 1. The van der Waals surface area contributed by atoms with Crippen LogP contribution in [0.25, 0.3) is 0 Å². The van der Waals surface area contributed by atoms with E-state index in [1.165, 1.54) is 0 Å². The maximum atomic E-state index is 11.6. The summed E-state index contributed by atoms with van der Waals surface area (Å²) in [5.41, 5.74) is 0.949. The number of halogens is 2. The van der Waals surface area contributed by atoms with Crippen LogP contribution in [0.3, 0.4) is 0 Å². The summed E-state index contributed by atoms with van der Waals surface area (Å²) in [6, 6.07) is 5.41. The molecule has 0 saturated carbocycles. The summed E-state index contributed by atoms with van der Waals surface area (Å²) in [6.07, 6.45) is 0.327. The highest BCUT2D eigenvalue weighted by Gasteiger charge is 2.34. The minimum absolute atomic E-state index is 0.0945. The molecule has 1 saturated heterocycles. The Morgan fingerprint density at radius 1 is 1.41 bits per heavy atom. The number of imide groups is 1. The third kappa shape index (κ3) is 2.53. The first kappa shape index (κ1) is 12.6. The van der Waals surface area contributed by atoms with Gasteiger partial charge in [0, 0.05) is 27.8 Å². The molecule has 0 spiro atoms. The van der Waals surface area contributed by atoms with E-state index in [1.54, 1.807) is 12.1 Å². The van der Waals surface area contributed by atoms with Gasteiger partial charge in [-0.05, 0) is 17.7 Å². The fourth-order valence-corrected chi connectivity index (χ4v) is 3.02. The Morgan fingerprint density at radius 2 is 2.12 bits per heavy atom. The van der Waals surface area contributed by atoms with Crippen LogP contribution < -0.4 is 5.32 Å². The standard InChI is InChI=1S/C12H11BrClNO2/c1-6-9(5-11(16)15-12(6)17)8-3-2-7(14)4-10(8)13/h2-4,6,9H,5H2,1H3,(H,15,16,17). The Balaban J connectivity index is 2.37. The van der Waals surface area contributed by atoms with E-state index in [-0.39, 0.29) is 23.7 Å². The van der Waals surface area contributed by atoms with Gasteiger partial charge in [-0.3, -0.25) is 14.9 Å². The molecule has 0 bridgehead atoms. The van der Waals surface area contributed by atoms with Crippen molar-refractivity contribution in [2.24, 2.45) is 5.92 Å². The van der Waals surface area contributed by atoms with E-state index >= 15 is 0 Å². The third-order valence-corrected chi connectivity index (χ3v) is 3.97. The first-order valence-electron chi connectivity index (χ1n) is 5.27. The van der Waals surface area contributed by atoms with Gasteiger partial charge in [-0.25, -0.2) is 0 Å². The molecule has 2 atom stereocenters. The first-order chi connectivity index (χ1) is 7.99. The maximum absolute atomic E-state index is 11.6. The Kier molecular flexibility index (Phi) is 3.54. The minimum atomic E-state index is -0.222. The van der Waals surface area contributed by atoms with Gasteiger partial charge in [-0.15, -0.1) is 0 Å². The fourth-order valence-electron chi connectivity index (χ4n) is 2.04. The van der Waals surface area contributed by atoms with Crippen molar-refractivity contribution < 1.29 is 9.59 Å². The van der Waals surface area contributed by atoms with Gasteiger partial charge in [0.25, 0.3) is 0 Å². The molecular formula is C12H11BrClNO2. The second-order valence-corrected chi connectivity index (χ2v) is 5.47. The number of rotatable bonds is 1. The van der Waals surface area contributed by atoms with Crippen LogP contribution in [-0.4, -0.2) is 11.8 Å². The van der Waals surface area contributed by atoms with Crippen molar-refractivity contribution in [3.8, 4) is 0 Å². The molecule has 1 aromatic rings. The van der Waals surface area contributed by atoms with Gasteiger partial charge < -0.3 is 0 Å². The van der Waals surface area contributed by atoms with Gasteiger partial charge in [-0.1, -0.05) is 40.5 Å². The second-order valence-electron chi connectivity index (χ2n) is 4.18. The van der Waals surface area contributed by atoms with E-state index in [4.69, 9.17) is 11.6 Å². The van der Waals surface area contributed by atoms with Crippen LogP contribution in [-0.2, 0) is 9.59 Å². The van der Waals surface area contributed by atoms with Crippen LogP contribution in [0.2, 0.25) is 5.02 Å². The first-order valence-corrected chi connectivity index (χ1v) is 6.45. The fraction of sp³-hybridized carbons (Fsp3) is 0.333. The molecule has 1 fully saturated rings. The van der Waals surface area contributed by atoms with E-state index < -0.39 is 0 Å². The van der Waals surface area contributed by atoms with Crippen LogP contribution in [0.4, 0.5) is 0 Å². The van der Waals surface area contributed by atoms with Crippen molar-refractivity contribution in [3.05, 3.63) is 33.3 Å². The molecular weight excluding hydrogens is 305 g/mol. The Bertz CT molecular complexity index is 489. The van der Waals surface area contributed by atoms with Gasteiger partial charge in [0.05, 0.1) is 0 Å². The molecule has 2 rings (SSSR count). The summed E-state index contributed by atoms with van der Waals surface area (Å²) >= 11 is 9.30. The SMILES string of the molecule is CC1C(=O)NC(=O)CC1c1ccc(Cl)cc1Br. The minimum Gasteiger partial charge on any atom is -0.296 e. The molecule has 3 nitrogen and oxygen atoms in total. The molecule has 2 amide bonds. The van der Waals surface area contributed by atoms with Gasteiger partial charge in [0.1, 0.15) is 0 Å². The van der Waals surface area contributed by atoms with Gasteiger partial charge in [0.15, 0.2) is 0 Å². The lowest BCUT2D eigenvalue weighted by atomic mass is 9.81. The maximum Gasteiger partial charge on any atom is 0.230 e. The monoisotopic (exact) mass is 315 g/mol. The highest BCUT2D eigenvalue weighted by atomic mass is 79.9. The lowest BCUT2D eigenvalue weighted by Crippen LogP contribution is -2.43. The summed E-state index contributed by atoms with van der Waals surface area (Å²) in [6.45, 7) is 1.83. The summed E-state index contributed by atoms with van der Waals surface area (Å²) < 4.78 is 0.837. The normalized spacial score (nSPS) is 24.6. The molecule has 0 aliphatic carbocycles. The van der Waals surface area contributed by atoms with E-state index in [0.717, 1.165) is 10.0 Å². The lowest BCUT2D eigenvalue weighted by Gasteiger charge is -2.28. The van der Waals surface area contributed by atoms with Gasteiger partial charge in [0.2, 0.25) is 11.8 Å². The molecule has 0 aromatic heterocycles. The summed E-state index contributed by atoms with van der Waals surface area (Å²) in [5.74, 6) is -0.749. The predicted octanol–water partition coefficient (Wildman–Crippen LogP) is 2.87. The van der Waals surface area contributed by atoms with Crippen molar-refractivity contribution >= 4 is 39.3 Å². The van der Waals surface area contributed by atoms with Crippen molar-refractivity contribution in [1.29, 1.82) is 0 Å². The van der Waals surface area contributed by atoms with E-state index in [2.05, 4.69) is 21.2 Å². The zero-order chi connectivity index (χ0) is 12.6. The highest BCUT2D eigenvalue weighted by molar-refractivity contribution is 9.10. The quantitative estimate of drug-likeness (QED) is 0.810. The smallest absolute Gasteiger partial charge is 0.230 e. The van der Waals surface area contributed by atoms with Crippen LogP contribution in [0.15, 0.2) is 22.7 Å². The largest absolute Gasteiger partial charge is 0.296 e. The van der Waals surface area contributed by atoms with Gasteiger partial charge in [-0.2, -0.15) is 0 Å². The molecule has 2 unspecified atom stereocenters. The molecule has 90 valence electrons. The molecule has 1 aliphatic heterocycles. The summed E-state index contributed by atoms with van der Waals surface area (Å²) in [4.78, 5) is 23.0. The van der Waals surface area contributed by atoms with Crippen LogP contribution in [0.1, 0.15) is 24.8 Å². The van der Waals surface area contributed by atoms with Gasteiger partial charge >= 0.3 is 0 Å². The van der Waals surface area contributed by atoms with Crippen molar-refractivity contribution in [1.82, 2.24) is 5.32 Å². The molecule has 1 aliphatic rings. The zero-order valence-corrected chi connectivity index (χ0v) is 11.5. The average Bonchev–Trinajstić information content (AvgIpc) is 2.24. The summed E-state index contributed by atoms with van der Waals surface area (Å²) in [7, 11) is 0. The van der Waals surface area contributed by atoms with Crippen molar-refractivity contribution in [2.45, 2.75) is 19.3 Å². The topological polar surface area (TPSA) is 46.2 Å². The second kappa shape index (κ2) is 4.78. The van der Waals surface area contributed by atoms with Crippen molar-refractivity contribution in [3.63, 3.8) is 0 Å². The Hall–Kier alpha value is -0.870. The van der Waals surface area contributed by atoms with E-state index in [9.17, 15) is 9.59 Å². The van der Waals surface area contributed by atoms with E-state index in [1.807, 2.05) is 13.0 Å². The molecule has 5 heteroatoms. The number of carbonyl (C=O) groups is 2. The average molecular weight is 317 g/mol. The number of piperidine rings is 1. The lowest BCUT2D eigenvalue weighted by molar-refractivity contribution is -0.136. The number of hydrogen-bond acceptors (Lipinski definition) is 2. The van der Waals surface area contributed by atoms with Crippen LogP contribution in [0, 0.1) is 5.92 Å². The number of carbonyl (C=O) groups excluding carboxylic acids is 2. The zero-order valence-electron chi connectivity index (χ0n) is 9.17. The number of amides is 2. The molecule has 0 radical (unpaired) electrons. The molecule has 1 aromatic carbocycles.